The van der Waals surface area contributed by atoms with Gasteiger partial charge in [-0.05, 0) is 12.5 Å². The van der Waals surface area contributed by atoms with Crippen LogP contribution >= 0.6 is 15.2 Å². The van der Waals surface area contributed by atoms with Crippen molar-refractivity contribution in [3.05, 3.63) is 35.9 Å². The summed E-state index contributed by atoms with van der Waals surface area (Å²) in [6.45, 7) is 2.38. The zero-order valence-electron chi connectivity index (χ0n) is 9.46. The van der Waals surface area contributed by atoms with Crippen molar-refractivity contribution in [2.24, 2.45) is 0 Å². The molecule has 1 rings (SSSR count). The zero-order chi connectivity index (χ0) is 13.7. The lowest BCUT2D eigenvalue weighted by Gasteiger charge is -2.12. The Bertz CT molecular complexity index is 412. The van der Waals surface area contributed by atoms with Crippen molar-refractivity contribution in [3.63, 3.8) is 0 Å². The van der Waals surface area contributed by atoms with Crippen molar-refractivity contribution in [2.45, 2.75) is 12.6 Å². The fourth-order valence-corrected chi connectivity index (χ4v) is 1.49. The van der Waals surface area contributed by atoms with E-state index < -0.39 is 20.9 Å². The molecule has 4 N–H and O–H groups in total. The summed E-state index contributed by atoms with van der Waals surface area (Å²) in [6, 6.07) is 8.77. The minimum absolute atomic E-state index is 0.672. The molecule has 0 radical (unpaired) electrons. The van der Waals surface area contributed by atoms with Crippen molar-refractivity contribution >= 4 is 15.2 Å². The van der Waals surface area contributed by atoms with E-state index in [-0.39, 0.29) is 0 Å². The van der Waals surface area contributed by atoms with Crippen molar-refractivity contribution in [1.82, 2.24) is 0 Å². The predicted octanol–water partition coefficient (Wildman–Crippen LogP) is 1.72. The van der Waals surface area contributed by atoms with E-state index in [2.05, 4.69) is 0 Å². The van der Waals surface area contributed by atoms with Gasteiger partial charge in [0, 0.05) is 6.66 Å². The predicted molar refractivity (Wildman–Crippen MR) is 64.9 cm³/mol. The highest BCUT2D eigenvalue weighted by molar-refractivity contribution is 7.52. The Hall–Kier alpha value is -0.480. The fourth-order valence-electron chi connectivity index (χ4n) is 0.926. The molecular weight excluding hydrogens is 266 g/mol. The second kappa shape index (κ2) is 6.45. The molecule has 0 heterocycles. The normalized spacial score (nSPS) is 13.5. The highest BCUT2D eigenvalue weighted by Crippen LogP contribution is 2.51. The van der Waals surface area contributed by atoms with Gasteiger partial charge in [-0.2, -0.15) is 0 Å². The van der Waals surface area contributed by atoms with Gasteiger partial charge in [-0.1, -0.05) is 30.3 Å². The van der Waals surface area contributed by atoms with E-state index in [1.54, 1.807) is 24.3 Å². The van der Waals surface area contributed by atoms with Crippen LogP contribution in [0, 0.1) is 0 Å². The minimum Gasteiger partial charge on any atom is -0.325 e. The van der Waals surface area contributed by atoms with Crippen LogP contribution in [0.5, 0.6) is 0 Å². The lowest BCUT2D eigenvalue weighted by atomic mass is 10.2. The summed E-state index contributed by atoms with van der Waals surface area (Å²) in [5.74, 6) is 0. The summed E-state index contributed by atoms with van der Waals surface area (Å²) in [6.07, 6.45) is 0. The second-order valence-electron chi connectivity index (χ2n) is 3.51. The van der Waals surface area contributed by atoms with Crippen molar-refractivity contribution in [2.75, 3.05) is 6.66 Å². The molecule has 0 aliphatic rings. The van der Waals surface area contributed by atoms with E-state index in [0.717, 1.165) is 6.66 Å². The first-order valence-corrected chi connectivity index (χ1v) is 8.39. The Morgan fingerprint density at radius 3 is 1.65 bits per heavy atom. The van der Waals surface area contributed by atoms with Crippen molar-refractivity contribution in [1.29, 1.82) is 0 Å². The summed E-state index contributed by atoms with van der Waals surface area (Å²) in [7, 11) is -7.62. The molecule has 0 saturated carbocycles. The van der Waals surface area contributed by atoms with Crippen molar-refractivity contribution in [3.8, 4) is 0 Å². The molecule has 0 saturated heterocycles. The molecule has 0 fully saturated rings. The Kier molecular flexibility index (Phi) is 6.27. The fraction of sp³-hybridized carbons (Fsp3) is 0.333. The summed E-state index contributed by atoms with van der Waals surface area (Å²) < 4.78 is 20.2. The molecule has 1 atom stereocenters. The molecule has 0 amide bonds. The van der Waals surface area contributed by atoms with E-state index in [1.165, 1.54) is 6.92 Å². The molecule has 6 nitrogen and oxygen atoms in total. The monoisotopic (exact) mass is 282 g/mol. The van der Waals surface area contributed by atoms with Gasteiger partial charge in [0.2, 0.25) is 0 Å². The van der Waals surface area contributed by atoms with Gasteiger partial charge in [0.1, 0.15) is 0 Å². The average molecular weight is 282 g/mol. The van der Waals surface area contributed by atoms with Gasteiger partial charge in [-0.15, -0.1) is 0 Å². The first-order valence-electron chi connectivity index (χ1n) is 4.65. The summed E-state index contributed by atoms with van der Waals surface area (Å²) in [5.41, 5.74) is -0.0375. The Balaban J connectivity index is 0.000000437. The molecule has 8 heteroatoms. The number of benzene rings is 1. The van der Waals surface area contributed by atoms with Gasteiger partial charge in [0.25, 0.3) is 0 Å². The molecule has 17 heavy (non-hydrogen) atoms. The Morgan fingerprint density at radius 2 is 1.35 bits per heavy atom. The minimum atomic E-state index is -3.98. The van der Waals surface area contributed by atoms with E-state index in [9.17, 15) is 9.13 Å². The average Bonchev–Trinajstić information content (AvgIpc) is 2.14. The number of hydrogen-bond donors (Lipinski definition) is 4. The van der Waals surface area contributed by atoms with Gasteiger partial charge in [0.05, 0.1) is 5.66 Å². The van der Waals surface area contributed by atoms with Crippen LogP contribution in [0.15, 0.2) is 30.3 Å². The molecule has 1 aromatic rings. The topological polar surface area (TPSA) is 115 Å². The summed E-state index contributed by atoms with van der Waals surface area (Å²) in [5, 5.41) is 0. The van der Waals surface area contributed by atoms with Crippen LogP contribution in [0.25, 0.3) is 0 Å². The Morgan fingerprint density at radius 1 is 1.00 bits per heavy atom. The molecular formula is C9H16O6P2. The zero-order valence-corrected chi connectivity index (χ0v) is 11.3. The van der Waals surface area contributed by atoms with Gasteiger partial charge < -0.3 is 19.6 Å². The maximum atomic E-state index is 10.8. The number of hydrogen-bond acceptors (Lipinski definition) is 2. The quantitative estimate of drug-likeness (QED) is 0.614. The lowest BCUT2D eigenvalue weighted by molar-refractivity contribution is 0.361. The van der Waals surface area contributed by atoms with E-state index in [4.69, 9.17) is 19.6 Å². The standard InChI is InChI=1S/C8H11O3P.CH5O3P/c1-7(12(9,10)11)8-5-3-2-4-6-8;1-5(2,3)4/h2-7H,1H3,(H2,9,10,11);1H3,(H2,2,3,4). The third-order valence-electron chi connectivity index (χ3n) is 1.79. The highest BCUT2D eigenvalue weighted by Gasteiger charge is 2.24. The first-order chi connectivity index (χ1) is 7.52. The maximum Gasteiger partial charge on any atom is 0.332 e. The van der Waals surface area contributed by atoms with Gasteiger partial charge in [-0.25, -0.2) is 0 Å². The number of rotatable bonds is 2. The van der Waals surface area contributed by atoms with Crippen LogP contribution in [-0.4, -0.2) is 26.2 Å². The largest absolute Gasteiger partial charge is 0.332 e. The van der Waals surface area contributed by atoms with Gasteiger partial charge in [-0.3, -0.25) is 9.13 Å². The van der Waals surface area contributed by atoms with Gasteiger partial charge in [0.15, 0.2) is 0 Å². The second-order valence-corrected chi connectivity index (χ2v) is 7.13. The molecule has 0 aromatic heterocycles. The van der Waals surface area contributed by atoms with Crippen LogP contribution in [-0.2, 0) is 9.13 Å². The molecule has 1 unspecified atom stereocenters. The first kappa shape index (κ1) is 16.5. The van der Waals surface area contributed by atoms with Crippen LogP contribution in [0.3, 0.4) is 0 Å². The van der Waals surface area contributed by atoms with Gasteiger partial charge >= 0.3 is 15.2 Å². The lowest BCUT2D eigenvalue weighted by Crippen LogP contribution is -1.93. The molecule has 1 aromatic carbocycles. The summed E-state index contributed by atoms with van der Waals surface area (Å²) >= 11 is 0. The third kappa shape index (κ3) is 9.24. The van der Waals surface area contributed by atoms with E-state index in [1.807, 2.05) is 6.07 Å². The molecule has 0 aliphatic carbocycles. The van der Waals surface area contributed by atoms with Crippen molar-refractivity contribution < 1.29 is 28.7 Å². The van der Waals surface area contributed by atoms with E-state index >= 15 is 0 Å². The molecule has 0 bridgehead atoms. The molecule has 0 spiro atoms. The highest BCUT2D eigenvalue weighted by atomic mass is 31.2. The Labute approximate surface area is 99.6 Å². The third-order valence-corrected chi connectivity index (χ3v) is 3.09. The van der Waals surface area contributed by atoms with Crippen LogP contribution in [0.1, 0.15) is 18.1 Å². The molecule has 0 aliphatic heterocycles. The molecule has 98 valence electrons. The van der Waals surface area contributed by atoms with E-state index in [0.29, 0.717) is 5.56 Å². The van der Waals surface area contributed by atoms with Crippen LogP contribution in [0.2, 0.25) is 0 Å². The van der Waals surface area contributed by atoms with Crippen LogP contribution in [0.4, 0.5) is 0 Å². The SMILES string of the molecule is CC(c1ccccc1)P(=O)(O)O.CP(=O)(O)O. The smallest absolute Gasteiger partial charge is 0.325 e. The maximum absolute atomic E-state index is 10.8. The van der Waals surface area contributed by atoms with Crippen LogP contribution < -0.4 is 0 Å². The summed E-state index contributed by atoms with van der Waals surface area (Å²) in [4.78, 5) is 33.0.